The van der Waals surface area contributed by atoms with Gasteiger partial charge in [0.05, 0.1) is 4.91 Å². The zero-order valence-electron chi connectivity index (χ0n) is 14.6. The van der Waals surface area contributed by atoms with Crippen molar-refractivity contribution in [2.75, 3.05) is 11.9 Å². The number of benzene rings is 2. The number of hydrogen-bond acceptors (Lipinski definition) is 4. The summed E-state index contributed by atoms with van der Waals surface area (Å²) < 4.78 is 13.4. The number of aryl methyl sites for hydroxylation is 1. The topological polar surface area (TPSA) is 49.4 Å². The van der Waals surface area contributed by atoms with Gasteiger partial charge in [0.25, 0.3) is 5.91 Å². The lowest BCUT2D eigenvalue weighted by Crippen LogP contribution is -2.31. The van der Waals surface area contributed by atoms with Crippen molar-refractivity contribution in [3.63, 3.8) is 0 Å². The zero-order chi connectivity index (χ0) is 19.4. The van der Waals surface area contributed by atoms with Crippen molar-refractivity contribution >= 4 is 51.9 Å². The van der Waals surface area contributed by atoms with E-state index in [1.165, 1.54) is 28.8 Å². The van der Waals surface area contributed by atoms with Crippen molar-refractivity contribution in [3.05, 3.63) is 70.4 Å². The van der Waals surface area contributed by atoms with E-state index in [1.54, 1.807) is 18.2 Å². The molecule has 1 fully saturated rings. The van der Waals surface area contributed by atoms with Crippen LogP contribution in [0.1, 0.15) is 17.5 Å². The molecule has 7 heteroatoms. The van der Waals surface area contributed by atoms with E-state index in [4.69, 9.17) is 12.2 Å². The van der Waals surface area contributed by atoms with Gasteiger partial charge in [-0.2, -0.15) is 0 Å². The third-order valence-corrected chi connectivity index (χ3v) is 5.28. The van der Waals surface area contributed by atoms with Gasteiger partial charge in [0.1, 0.15) is 10.1 Å². The van der Waals surface area contributed by atoms with E-state index in [2.05, 4.69) is 5.32 Å². The fourth-order valence-electron chi connectivity index (χ4n) is 2.56. The average Bonchev–Trinajstić information content (AvgIpc) is 2.88. The predicted molar refractivity (Wildman–Crippen MR) is 111 cm³/mol. The van der Waals surface area contributed by atoms with E-state index >= 15 is 0 Å². The molecule has 0 unspecified atom stereocenters. The molecule has 1 saturated heterocycles. The summed E-state index contributed by atoms with van der Waals surface area (Å²) >= 11 is 6.45. The number of hydrogen-bond donors (Lipinski definition) is 1. The molecule has 138 valence electrons. The maximum absolute atomic E-state index is 13.0. The van der Waals surface area contributed by atoms with Gasteiger partial charge in [-0.3, -0.25) is 14.5 Å². The molecular weight excluding hydrogens is 383 g/mol. The Kier molecular flexibility index (Phi) is 6.03. The molecule has 1 aliphatic rings. The summed E-state index contributed by atoms with van der Waals surface area (Å²) in [6.07, 6.45) is 1.82. The maximum atomic E-state index is 13.0. The van der Waals surface area contributed by atoms with Crippen LogP contribution >= 0.6 is 24.0 Å². The van der Waals surface area contributed by atoms with Gasteiger partial charge in [0.15, 0.2) is 0 Å². The van der Waals surface area contributed by atoms with Gasteiger partial charge in [-0.1, -0.05) is 48.2 Å². The Morgan fingerprint density at radius 3 is 2.70 bits per heavy atom. The van der Waals surface area contributed by atoms with E-state index < -0.39 is 0 Å². The summed E-state index contributed by atoms with van der Waals surface area (Å²) in [4.78, 5) is 26.6. The van der Waals surface area contributed by atoms with Crippen LogP contribution in [0.2, 0.25) is 0 Å². The molecule has 0 saturated carbocycles. The molecule has 2 amide bonds. The molecule has 0 radical (unpaired) electrons. The summed E-state index contributed by atoms with van der Waals surface area (Å²) in [7, 11) is 0. The number of carbonyl (C=O) groups is 2. The number of amides is 2. The molecule has 1 aliphatic heterocycles. The third-order valence-electron chi connectivity index (χ3n) is 3.91. The highest BCUT2D eigenvalue weighted by atomic mass is 32.2. The standard InChI is InChI=1S/C20H17FN2O2S2/c1-13-3-2-4-16(11-13)22-18(24)9-10-23-19(25)17(27-20(23)26)12-14-5-7-15(21)8-6-14/h2-8,11-12H,9-10H2,1H3,(H,22,24)/b17-12-. The molecule has 0 aliphatic carbocycles. The predicted octanol–water partition coefficient (Wildman–Crippen LogP) is 4.36. The van der Waals surface area contributed by atoms with Gasteiger partial charge in [-0.15, -0.1) is 0 Å². The van der Waals surface area contributed by atoms with Crippen LogP contribution in [-0.2, 0) is 9.59 Å². The molecule has 0 atom stereocenters. The van der Waals surface area contributed by atoms with Crippen LogP contribution in [0.4, 0.5) is 10.1 Å². The number of thiocarbonyl (C=S) groups is 1. The molecule has 1 N–H and O–H groups in total. The minimum atomic E-state index is -0.334. The van der Waals surface area contributed by atoms with Gasteiger partial charge >= 0.3 is 0 Å². The number of carbonyl (C=O) groups excluding carboxylic acids is 2. The smallest absolute Gasteiger partial charge is 0.266 e. The first-order valence-corrected chi connectivity index (χ1v) is 9.52. The van der Waals surface area contributed by atoms with Crippen LogP contribution in [0.25, 0.3) is 6.08 Å². The van der Waals surface area contributed by atoms with Gasteiger partial charge < -0.3 is 5.32 Å². The highest BCUT2D eigenvalue weighted by molar-refractivity contribution is 8.26. The second-order valence-corrected chi connectivity index (χ2v) is 7.73. The van der Waals surface area contributed by atoms with Crippen molar-refractivity contribution in [2.24, 2.45) is 0 Å². The van der Waals surface area contributed by atoms with Crippen LogP contribution in [0.15, 0.2) is 53.4 Å². The number of rotatable bonds is 5. The van der Waals surface area contributed by atoms with E-state index in [1.807, 2.05) is 31.2 Å². The van der Waals surface area contributed by atoms with E-state index in [0.717, 1.165) is 11.3 Å². The second-order valence-electron chi connectivity index (χ2n) is 6.05. The molecule has 3 rings (SSSR count). The molecule has 2 aromatic rings. The maximum Gasteiger partial charge on any atom is 0.266 e. The van der Waals surface area contributed by atoms with Gasteiger partial charge in [0, 0.05) is 18.7 Å². The fraction of sp³-hybridized carbons (Fsp3) is 0.150. The Morgan fingerprint density at radius 2 is 2.00 bits per heavy atom. The Hall–Kier alpha value is -2.51. The monoisotopic (exact) mass is 400 g/mol. The largest absolute Gasteiger partial charge is 0.326 e. The van der Waals surface area contributed by atoms with Crippen LogP contribution in [0.5, 0.6) is 0 Å². The van der Waals surface area contributed by atoms with E-state index in [-0.39, 0.29) is 30.6 Å². The van der Waals surface area contributed by atoms with Crippen LogP contribution in [0.3, 0.4) is 0 Å². The normalized spacial score (nSPS) is 15.5. The molecule has 27 heavy (non-hydrogen) atoms. The zero-order valence-corrected chi connectivity index (χ0v) is 16.2. The molecule has 1 heterocycles. The summed E-state index contributed by atoms with van der Waals surface area (Å²) in [6, 6.07) is 13.4. The number of nitrogens with zero attached hydrogens (tertiary/aromatic N) is 1. The Balaban J connectivity index is 1.60. The molecule has 4 nitrogen and oxygen atoms in total. The summed E-state index contributed by atoms with van der Waals surface area (Å²) in [5.74, 6) is -0.755. The quantitative estimate of drug-likeness (QED) is 0.598. The van der Waals surface area contributed by atoms with Gasteiger partial charge in [-0.25, -0.2) is 4.39 Å². The SMILES string of the molecule is Cc1cccc(NC(=O)CCN2C(=O)/C(=C/c3ccc(F)cc3)SC2=S)c1. The average molecular weight is 401 g/mol. The minimum absolute atomic E-state index is 0.143. The van der Waals surface area contributed by atoms with Crippen LogP contribution in [0, 0.1) is 12.7 Å². The summed E-state index contributed by atoms with van der Waals surface area (Å²) in [6.45, 7) is 2.16. The fourth-order valence-corrected chi connectivity index (χ4v) is 3.87. The Bertz CT molecular complexity index is 926. The van der Waals surface area contributed by atoms with Crippen molar-refractivity contribution in [2.45, 2.75) is 13.3 Å². The molecule has 0 spiro atoms. The highest BCUT2D eigenvalue weighted by Crippen LogP contribution is 2.32. The van der Waals surface area contributed by atoms with Crippen molar-refractivity contribution in [3.8, 4) is 0 Å². The lowest BCUT2D eigenvalue weighted by Gasteiger charge is -2.14. The highest BCUT2D eigenvalue weighted by Gasteiger charge is 2.32. The Morgan fingerprint density at radius 1 is 1.26 bits per heavy atom. The lowest BCUT2D eigenvalue weighted by molar-refractivity contribution is -0.122. The Labute approximate surface area is 166 Å². The summed E-state index contributed by atoms with van der Waals surface area (Å²) in [5, 5.41) is 2.82. The number of halogens is 1. The first kappa shape index (κ1) is 19.3. The minimum Gasteiger partial charge on any atom is -0.326 e. The van der Waals surface area contributed by atoms with Gasteiger partial charge in [0.2, 0.25) is 5.91 Å². The first-order valence-electron chi connectivity index (χ1n) is 8.30. The third kappa shape index (κ3) is 5.02. The first-order chi connectivity index (χ1) is 12.9. The van der Waals surface area contributed by atoms with Crippen molar-refractivity contribution in [1.82, 2.24) is 4.90 Å². The number of thioether (sulfide) groups is 1. The lowest BCUT2D eigenvalue weighted by atomic mass is 10.2. The molecule has 2 aromatic carbocycles. The van der Waals surface area contributed by atoms with Crippen molar-refractivity contribution < 1.29 is 14.0 Å². The number of nitrogens with one attached hydrogen (secondary N) is 1. The molecule has 0 bridgehead atoms. The molecule has 0 aromatic heterocycles. The number of anilines is 1. The van der Waals surface area contributed by atoms with Crippen molar-refractivity contribution in [1.29, 1.82) is 0 Å². The van der Waals surface area contributed by atoms with E-state index in [0.29, 0.717) is 14.8 Å². The van der Waals surface area contributed by atoms with E-state index in [9.17, 15) is 14.0 Å². The van der Waals surface area contributed by atoms with Gasteiger partial charge in [-0.05, 0) is 48.4 Å². The van der Waals surface area contributed by atoms with Crippen LogP contribution in [-0.4, -0.2) is 27.6 Å². The second kappa shape index (κ2) is 8.45. The molecular formula is C20H17FN2O2S2. The van der Waals surface area contributed by atoms with Crippen LogP contribution < -0.4 is 5.32 Å². The summed E-state index contributed by atoms with van der Waals surface area (Å²) in [5.41, 5.74) is 2.49.